The van der Waals surface area contributed by atoms with E-state index in [1.807, 2.05) is 0 Å². The summed E-state index contributed by atoms with van der Waals surface area (Å²) in [6.45, 7) is 1.73. The van der Waals surface area contributed by atoms with E-state index in [4.69, 9.17) is 10.3 Å². The van der Waals surface area contributed by atoms with Gasteiger partial charge in [-0.3, -0.25) is 0 Å². The Balaban J connectivity index is 2.28. The number of rotatable bonds is 3. The zero-order chi connectivity index (χ0) is 13.1. The fourth-order valence-corrected chi connectivity index (χ4v) is 1.53. The Bertz CT molecular complexity index is 579. The molecule has 92 valence electrons. The van der Waals surface area contributed by atoms with Gasteiger partial charge >= 0.3 is 0 Å². The first kappa shape index (κ1) is 12.2. The van der Waals surface area contributed by atoms with E-state index < -0.39 is 11.6 Å². The normalized spacial score (nSPS) is 10.2. The fourth-order valence-electron chi connectivity index (χ4n) is 1.53. The van der Waals surface area contributed by atoms with Gasteiger partial charge in [0.25, 0.3) is 0 Å². The largest absolute Gasteiger partial charge is 0.706 e. The van der Waals surface area contributed by atoms with Gasteiger partial charge in [0.1, 0.15) is 23.1 Å². The Morgan fingerprint density at radius 1 is 1.00 bits per heavy atom. The molecule has 0 unspecified atom stereocenters. The minimum absolute atomic E-state index is 0.0700. The number of benzene rings is 2. The smallest absolute Gasteiger partial charge is 0.133 e. The molecule has 5 heteroatoms. The number of ether oxygens (including phenoxy) is 1. The molecule has 0 saturated heterocycles. The third-order valence-corrected chi connectivity index (χ3v) is 2.35. The summed E-state index contributed by atoms with van der Waals surface area (Å²) in [7, 11) is 0. The van der Waals surface area contributed by atoms with Crippen molar-refractivity contribution in [1.29, 1.82) is 0 Å². The predicted octanol–water partition coefficient (Wildman–Crippen LogP) is 4.72. The lowest BCUT2D eigenvalue weighted by Crippen LogP contribution is -1.88. The van der Waals surface area contributed by atoms with Crippen LogP contribution in [0.5, 0.6) is 11.5 Å². The average Bonchev–Trinajstić information content (AvgIpc) is 2.27. The van der Waals surface area contributed by atoms with Crippen LogP contribution in [0.3, 0.4) is 0 Å². The van der Waals surface area contributed by atoms with E-state index in [1.165, 1.54) is 0 Å². The van der Waals surface area contributed by atoms with Crippen LogP contribution < -0.4 is 4.74 Å². The van der Waals surface area contributed by atoms with E-state index in [1.54, 1.807) is 25.1 Å². The van der Waals surface area contributed by atoms with Gasteiger partial charge in [-0.2, -0.15) is 0 Å². The van der Waals surface area contributed by atoms with Crippen LogP contribution in [0.4, 0.5) is 14.5 Å². The maximum atomic E-state index is 13.0. The summed E-state index contributed by atoms with van der Waals surface area (Å²) < 4.78 is 31.2. The molecule has 0 aromatic heterocycles. The second-order valence-corrected chi connectivity index (χ2v) is 3.76. The molecule has 0 N–H and O–H groups in total. The molecule has 0 atom stereocenters. The third-order valence-electron chi connectivity index (χ3n) is 2.35. The predicted molar refractivity (Wildman–Crippen MR) is 63.1 cm³/mol. The molecular weight excluding hydrogens is 238 g/mol. The van der Waals surface area contributed by atoms with Gasteiger partial charge < -0.3 is 15.4 Å². The van der Waals surface area contributed by atoms with Crippen molar-refractivity contribution in [2.75, 3.05) is 0 Å². The van der Waals surface area contributed by atoms with Crippen LogP contribution in [0.15, 0.2) is 41.5 Å². The van der Waals surface area contributed by atoms with Crippen molar-refractivity contribution in [3.63, 3.8) is 0 Å². The fraction of sp³-hybridized carbons (Fsp3) is 0.0769. The van der Waals surface area contributed by atoms with Gasteiger partial charge in [-0.1, -0.05) is 0 Å². The molecule has 0 saturated carbocycles. The van der Waals surface area contributed by atoms with Crippen molar-refractivity contribution < 1.29 is 13.5 Å². The first-order valence-electron chi connectivity index (χ1n) is 5.18. The van der Waals surface area contributed by atoms with Gasteiger partial charge in [0.15, 0.2) is 0 Å². The Morgan fingerprint density at radius 2 is 1.67 bits per heavy atom. The van der Waals surface area contributed by atoms with Crippen molar-refractivity contribution in [2.45, 2.75) is 6.92 Å². The number of hydrogen-bond donors (Lipinski definition) is 0. The lowest BCUT2D eigenvalue weighted by molar-refractivity contribution is 0.468. The van der Waals surface area contributed by atoms with Crippen LogP contribution in [0.1, 0.15) is 5.56 Å². The highest BCUT2D eigenvalue weighted by Gasteiger charge is 2.04. The molecule has 2 aromatic carbocycles. The van der Waals surface area contributed by atoms with Gasteiger partial charge in [0.2, 0.25) is 0 Å². The van der Waals surface area contributed by atoms with E-state index in [9.17, 15) is 8.78 Å². The molecule has 0 amide bonds. The number of hydrogen-bond acceptors (Lipinski definition) is 2. The Labute approximate surface area is 103 Å². The first-order valence-corrected chi connectivity index (χ1v) is 5.18. The van der Waals surface area contributed by atoms with Crippen LogP contribution in [0.2, 0.25) is 0 Å². The molecule has 0 aliphatic heterocycles. The lowest BCUT2D eigenvalue weighted by atomic mass is 10.2. The maximum absolute atomic E-state index is 13.0. The monoisotopic (exact) mass is 247 g/mol. The van der Waals surface area contributed by atoms with Crippen LogP contribution in [-0.4, -0.2) is 0 Å². The third kappa shape index (κ3) is 2.68. The summed E-state index contributed by atoms with van der Waals surface area (Å²) >= 11 is 0. The zero-order valence-corrected chi connectivity index (χ0v) is 9.52. The summed E-state index contributed by atoms with van der Waals surface area (Å²) in [4.78, 5) is 0. The topological polar surface area (TPSA) is 43.9 Å². The number of nitrogens with zero attached hydrogens (tertiary/aromatic N) is 2. The quantitative estimate of drug-likeness (QED) is 0.723. The van der Waals surface area contributed by atoms with Crippen molar-refractivity contribution >= 4 is 5.69 Å². The van der Waals surface area contributed by atoms with E-state index in [2.05, 4.69) is 5.11 Å². The SMILES string of the molecule is Cc1cc(Oc2cc(F)cc(F)c2)ccc1N=[N-]. The molecule has 0 aliphatic rings. The van der Waals surface area contributed by atoms with E-state index in [-0.39, 0.29) is 5.75 Å². The minimum atomic E-state index is -0.705. The highest BCUT2D eigenvalue weighted by molar-refractivity contribution is 5.49. The molecule has 3 nitrogen and oxygen atoms in total. The molecule has 0 spiro atoms. The van der Waals surface area contributed by atoms with Gasteiger partial charge in [-0.05, 0) is 30.7 Å². The van der Waals surface area contributed by atoms with Gasteiger partial charge in [0.05, 0.1) is 0 Å². The Hall–Kier alpha value is -2.30. The van der Waals surface area contributed by atoms with Crippen molar-refractivity contribution in [1.82, 2.24) is 0 Å². The second-order valence-electron chi connectivity index (χ2n) is 3.76. The number of aryl methyl sites for hydroxylation is 1. The van der Waals surface area contributed by atoms with Gasteiger partial charge in [-0.25, -0.2) is 8.78 Å². The standard InChI is InChI=1S/C13H9F2N2O/c1-8-4-11(2-3-13(8)17-16)18-12-6-9(14)5-10(15)7-12/h2-7H,1H3/q-1. The number of halogens is 2. The van der Waals surface area contributed by atoms with Crippen LogP contribution in [0.25, 0.3) is 5.53 Å². The van der Waals surface area contributed by atoms with Crippen molar-refractivity contribution in [3.05, 3.63) is 59.1 Å². The molecule has 0 heterocycles. The van der Waals surface area contributed by atoms with Gasteiger partial charge in [0, 0.05) is 23.9 Å². The highest BCUT2D eigenvalue weighted by atomic mass is 19.1. The molecule has 0 radical (unpaired) electrons. The Morgan fingerprint density at radius 3 is 2.22 bits per heavy atom. The molecule has 18 heavy (non-hydrogen) atoms. The highest BCUT2D eigenvalue weighted by Crippen LogP contribution is 2.28. The zero-order valence-electron chi connectivity index (χ0n) is 9.52. The molecule has 0 aliphatic carbocycles. The second kappa shape index (κ2) is 4.91. The Kier molecular flexibility index (Phi) is 3.32. The summed E-state index contributed by atoms with van der Waals surface area (Å²) in [5.41, 5.74) is 9.75. The first-order chi connectivity index (χ1) is 8.58. The summed E-state index contributed by atoms with van der Waals surface area (Å²) in [6, 6.07) is 7.64. The van der Waals surface area contributed by atoms with E-state index >= 15 is 0 Å². The molecular formula is C13H9F2N2O-. The molecule has 2 rings (SSSR count). The van der Waals surface area contributed by atoms with Crippen LogP contribution >= 0.6 is 0 Å². The van der Waals surface area contributed by atoms with E-state index in [0.29, 0.717) is 17.0 Å². The summed E-state index contributed by atoms with van der Waals surface area (Å²) in [5.74, 6) is -0.933. The minimum Gasteiger partial charge on any atom is -0.706 e. The van der Waals surface area contributed by atoms with Crippen molar-refractivity contribution in [3.8, 4) is 11.5 Å². The summed E-state index contributed by atoms with van der Waals surface area (Å²) in [5, 5.41) is 3.07. The lowest BCUT2D eigenvalue weighted by Gasteiger charge is -2.09. The molecule has 2 aromatic rings. The van der Waals surface area contributed by atoms with Gasteiger partial charge in [-0.15, -0.1) is 0 Å². The summed E-state index contributed by atoms with van der Waals surface area (Å²) in [6.07, 6.45) is 0. The van der Waals surface area contributed by atoms with Crippen LogP contribution in [0, 0.1) is 18.6 Å². The molecule has 0 fully saturated rings. The molecule has 0 bridgehead atoms. The van der Waals surface area contributed by atoms with Crippen molar-refractivity contribution in [2.24, 2.45) is 5.11 Å². The maximum Gasteiger partial charge on any atom is 0.133 e. The van der Waals surface area contributed by atoms with E-state index in [0.717, 1.165) is 18.2 Å². The van der Waals surface area contributed by atoms with Crippen LogP contribution in [-0.2, 0) is 0 Å². The average molecular weight is 247 g/mol.